The summed E-state index contributed by atoms with van der Waals surface area (Å²) in [6.45, 7) is 26.5. The van der Waals surface area contributed by atoms with Gasteiger partial charge in [0.1, 0.15) is 24.3 Å². The van der Waals surface area contributed by atoms with Crippen LogP contribution >= 0.6 is 15.9 Å². The highest BCUT2D eigenvalue weighted by atomic mass is 79.9. The van der Waals surface area contributed by atoms with Crippen LogP contribution in [0.25, 0.3) is 0 Å². The maximum absolute atomic E-state index is 14.6. The van der Waals surface area contributed by atoms with E-state index < -0.39 is 67.8 Å². The van der Waals surface area contributed by atoms with Crippen molar-refractivity contribution >= 4 is 53.9 Å². The van der Waals surface area contributed by atoms with Gasteiger partial charge in [0.25, 0.3) is 0 Å². The first-order valence-corrected chi connectivity index (χ1v) is 26.9. The number of esters is 1. The number of hydrogen-bond acceptors (Lipinski definition) is 10. The molecule has 5 atom stereocenters. The Kier molecular flexibility index (Phi) is 16.2. The average molecular weight is 824 g/mol. The quantitative estimate of drug-likeness (QED) is 0.0424. The first-order valence-electron chi connectivity index (χ1n) is 17.5. The van der Waals surface area contributed by atoms with Gasteiger partial charge in [-0.05, 0) is 57.1 Å². The van der Waals surface area contributed by atoms with E-state index in [0.29, 0.717) is 6.61 Å². The molecule has 1 aromatic carbocycles. The van der Waals surface area contributed by atoms with Crippen molar-refractivity contribution < 1.29 is 46.1 Å². The zero-order valence-electron chi connectivity index (χ0n) is 32.6. The number of hydrogen-bond donors (Lipinski definition) is 0. The molecule has 14 heteroatoms. The molecule has 1 heterocycles. The molecular weight excluding hydrogens is 761 g/mol. The van der Waals surface area contributed by atoms with Crippen molar-refractivity contribution in [2.75, 3.05) is 24.5 Å². The number of ketones is 1. The van der Waals surface area contributed by atoms with E-state index in [4.69, 9.17) is 28.1 Å². The van der Waals surface area contributed by atoms with Crippen LogP contribution < -0.4 is 0 Å². The van der Waals surface area contributed by atoms with Crippen LogP contribution in [0.3, 0.4) is 0 Å². The van der Waals surface area contributed by atoms with Crippen molar-refractivity contribution in [2.24, 2.45) is 5.41 Å². The highest BCUT2D eigenvalue weighted by molar-refractivity contribution is 9.09. The van der Waals surface area contributed by atoms with Crippen molar-refractivity contribution in [1.29, 1.82) is 0 Å². The predicted molar refractivity (Wildman–Crippen MR) is 206 cm³/mol. The summed E-state index contributed by atoms with van der Waals surface area (Å²) in [5, 5.41) is -0.315. The molecule has 1 aromatic rings. The molecule has 0 spiro atoms. The van der Waals surface area contributed by atoms with E-state index in [-0.39, 0.29) is 52.5 Å². The van der Waals surface area contributed by atoms with Crippen molar-refractivity contribution in [3.63, 3.8) is 0 Å². The molecule has 0 unspecified atom stereocenters. The molecule has 288 valence electrons. The molecule has 2 rings (SSSR count). The molecule has 1 saturated heterocycles. The smallest absolute Gasteiger partial charge is 0.316 e. The summed E-state index contributed by atoms with van der Waals surface area (Å²) in [7, 11) is -7.84. The largest absolute Gasteiger partial charge is 0.461 e. The lowest BCUT2D eigenvalue weighted by molar-refractivity contribution is -0.167. The van der Waals surface area contributed by atoms with Crippen molar-refractivity contribution in [3.05, 3.63) is 30.3 Å². The zero-order valence-corrected chi connectivity index (χ0v) is 37.0. The van der Waals surface area contributed by atoms with Gasteiger partial charge in [-0.25, -0.2) is 8.42 Å². The molecule has 0 saturated carbocycles. The highest BCUT2D eigenvalue weighted by Gasteiger charge is 2.50. The molecular formula is C36H63BrO10SSi2. The van der Waals surface area contributed by atoms with Crippen molar-refractivity contribution in [3.8, 4) is 0 Å². The molecule has 0 aromatic heterocycles. The Labute approximate surface area is 312 Å². The molecule has 0 aliphatic carbocycles. The van der Waals surface area contributed by atoms with Crippen molar-refractivity contribution in [2.45, 2.75) is 153 Å². The van der Waals surface area contributed by atoms with Gasteiger partial charge in [-0.3, -0.25) is 9.59 Å². The molecule has 0 amide bonds. The summed E-state index contributed by atoms with van der Waals surface area (Å²) in [6, 6.07) is 9.18. The Morgan fingerprint density at radius 1 is 1.00 bits per heavy atom. The van der Waals surface area contributed by atoms with Gasteiger partial charge in [0.2, 0.25) is 0 Å². The van der Waals surface area contributed by atoms with Gasteiger partial charge in [0.15, 0.2) is 29.7 Å². The number of halogens is 1. The summed E-state index contributed by atoms with van der Waals surface area (Å²) in [5.74, 6) is -2.03. The first-order chi connectivity index (χ1) is 22.7. The molecule has 10 nitrogen and oxygen atoms in total. The Bertz CT molecular complexity index is 1360. The lowest BCUT2D eigenvalue weighted by Gasteiger charge is -2.46. The Hall–Kier alpha value is -0.976. The van der Waals surface area contributed by atoms with Crippen LogP contribution in [0.2, 0.25) is 43.8 Å². The molecule has 0 N–H and O–H groups in total. The van der Waals surface area contributed by atoms with Gasteiger partial charge < -0.3 is 28.1 Å². The van der Waals surface area contributed by atoms with Crippen LogP contribution in [-0.2, 0) is 47.5 Å². The van der Waals surface area contributed by atoms with E-state index in [9.17, 15) is 18.0 Å². The van der Waals surface area contributed by atoms with Crippen LogP contribution in [0.4, 0.5) is 0 Å². The summed E-state index contributed by atoms with van der Waals surface area (Å²) in [4.78, 5) is 27.4. The van der Waals surface area contributed by atoms with Crippen LogP contribution in [-0.4, -0.2) is 97.4 Å². The van der Waals surface area contributed by atoms with Crippen molar-refractivity contribution in [1.82, 2.24) is 0 Å². The maximum atomic E-state index is 14.6. The maximum Gasteiger partial charge on any atom is 0.316 e. The Morgan fingerprint density at radius 3 is 2.10 bits per heavy atom. The molecule has 0 bridgehead atoms. The number of rotatable bonds is 20. The number of carbonyl (C=O) groups is 2. The second-order valence-corrected chi connectivity index (χ2v) is 30.2. The summed E-state index contributed by atoms with van der Waals surface area (Å²) < 4.78 is 64.8. The van der Waals surface area contributed by atoms with Gasteiger partial charge in [-0.15, -0.1) is 0 Å². The number of carbonyl (C=O) groups excluding carboxylic acids is 2. The molecule has 1 fully saturated rings. The Morgan fingerprint density at radius 2 is 1.60 bits per heavy atom. The predicted octanol–water partition coefficient (Wildman–Crippen LogP) is 7.77. The molecule has 0 radical (unpaired) electrons. The van der Waals surface area contributed by atoms with Gasteiger partial charge in [-0.2, -0.15) is 0 Å². The van der Waals surface area contributed by atoms with Crippen LogP contribution in [0, 0.1) is 5.41 Å². The molecule has 1 aliphatic heterocycles. The van der Waals surface area contributed by atoms with Gasteiger partial charge >= 0.3 is 5.97 Å². The lowest BCUT2D eigenvalue weighted by Crippen LogP contribution is -2.56. The van der Waals surface area contributed by atoms with E-state index in [0.717, 1.165) is 6.04 Å². The Balaban J connectivity index is 2.59. The third-order valence-electron chi connectivity index (χ3n) is 9.34. The normalized spacial score (nSPS) is 20.7. The SMILES string of the molecule is C[C@H]1OC(C)(C)O[C@@H]1C[C@H](CC(=O)[C@H](OCOCC[Si](C)(C)C)[C@@H](O[Si](C)(C)C(C)(C)C)C(C)(C)CS(=O)(=O)c1ccccc1)OC(=O)CBr. The number of alkyl halides is 1. The molecule has 50 heavy (non-hydrogen) atoms. The standard InChI is InChI=1S/C36H63BrO10SSi2/c1-26-30(46-36(7,8)45-26)22-27(44-31(39)23-37)21-29(38)32(43-25-42-19-20-49(9,10)11)33(47-50(12,13)34(2,3)4)35(5,6)24-48(40,41)28-17-15-14-16-18-28/h14-18,26-27,30,32-33H,19-25H2,1-13H3/t26-,27+,30-,32+,33-/m1/s1. The third kappa shape index (κ3) is 14.1. The first kappa shape index (κ1) is 45.2. The number of sulfone groups is 1. The highest BCUT2D eigenvalue weighted by Crippen LogP contribution is 2.42. The zero-order chi connectivity index (χ0) is 38.3. The second kappa shape index (κ2) is 17.9. The van der Waals surface area contributed by atoms with E-state index in [1.165, 1.54) is 0 Å². The monoisotopic (exact) mass is 822 g/mol. The van der Waals surface area contributed by atoms with Gasteiger partial charge in [0.05, 0.1) is 29.0 Å². The fraction of sp³-hybridized carbons (Fsp3) is 0.778. The minimum atomic E-state index is -3.80. The minimum Gasteiger partial charge on any atom is -0.461 e. The third-order valence-corrected chi connectivity index (χ3v) is 18.1. The number of benzene rings is 1. The number of ether oxygens (including phenoxy) is 5. The lowest BCUT2D eigenvalue weighted by atomic mass is 9.83. The fourth-order valence-corrected chi connectivity index (χ4v) is 9.76. The number of Topliss-reactive ketones (excluding diaryl/α,β-unsaturated/α-hetero) is 1. The fourth-order valence-electron chi connectivity index (χ4n) is 5.56. The van der Waals surface area contributed by atoms with Crippen LogP contribution in [0.15, 0.2) is 35.2 Å². The summed E-state index contributed by atoms with van der Waals surface area (Å²) in [6.07, 6.45) is -3.78. The van der Waals surface area contributed by atoms with E-state index >= 15 is 0 Å². The minimum absolute atomic E-state index is 0.0485. The van der Waals surface area contributed by atoms with Crippen LogP contribution in [0.1, 0.15) is 68.2 Å². The molecule has 1 aliphatic rings. The summed E-state index contributed by atoms with van der Waals surface area (Å²) in [5.41, 5.74) is -1.11. The van der Waals surface area contributed by atoms with Gasteiger partial charge in [0, 0.05) is 32.9 Å². The van der Waals surface area contributed by atoms with E-state index in [2.05, 4.69) is 69.4 Å². The van der Waals surface area contributed by atoms with E-state index in [1.807, 2.05) is 20.8 Å². The average Bonchev–Trinajstić information content (AvgIpc) is 3.22. The van der Waals surface area contributed by atoms with Crippen LogP contribution in [0.5, 0.6) is 0 Å². The van der Waals surface area contributed by atoms with Gasteiger partial charge in [-0.1, -0.05) is 88.4 Å². The topological polar surface area (TPSA) is 124 Å². The summed E-state index contributed by atoms with van der Waals surface area (Å²) >= 11 is 3.17. The second-order valence-electron chi connectivity index (χ2n) is 17.3. The van der Waals surface area contributed by atoms with E-state index in [1.54, 1.807) is 44.2 Å².